The van der Waals surface area contributed by atoms with Crippen molar-refractivity contribution in [3.05, 3.63) is 24.1 Å². The van der Waals surface area contributed by atoms with Crippen molar-refractivity contribution in [3.63, 3.8) is 0 Å². The van der Waals surface area contributed by atoms with E-state index in [1.54, 1.807) is 0 Å². The molecule has 0 aliphatic heterocycles. The Balaban J connectivity index is 3.42. The van der Waals surface area contributed by atoms with Gasteiger partial charge in [0.15, 0.2) is 0 Å². The van der Waals surface area contributed by atoms with Crippen molar-refractivity contribution in [3.8, 4) is 0 Å². The molecular formula is C6H8F2. The molecule has 0 aromatic carbocycles. The van der Waals surface area contributed by atoms with Crippen LogP contribution in [0.4, 0.5) is 8.78 Å². The van der Waals surface area contributed by atoms with Crippen LogP contribution in [0.2, 0.25) is 0 Å². The summed E-state index contributed by atoms with van der Waals surface area (Å²) in [5.41, 5.74) is 0. The molecule has 0 spiro atoms. The third-order valence-corrected chi connectivity index (χ3v) is 0.551. The zero-order chi connectivity index (χ0) is 6.41. The van der Waals surface area contributed by atoms with Gasteiger partial charge in [0.05, 0.1) is 5.83 Å². The van der Waals surface area contributed by atoms with Gasteiger partial charge in [0, 0.05) is 0 Å². The lowest BCUT2D eigenvalue weighted by Crippen LogP contribution is -1.60. The second-order valence-corrected chi connectivity index (χ2v) is 1.34. The first kappa shape index (κ1) is 7.34. The van der Waals surface area contributed by atoms with Gasteiger partial charge in [-0.3, -0.25) is 0 Å². The Morgan fingerprint density at radius 2 is 2.25 bits per heavy atom. The van der Waals surface area contributed by atoms with E-state index in [0.29, 0.717) is 0 Å². The van der Waals surface area contributed by atoms with Crippen LogP contribution in [0, 0.1) is 0 Å². The predicted molar refractivity (Wildman–Crippen MR) is 30.0 cm³/mol. The Labute approximate surface area is 47.5 Å². The minimum absolute atomic E-state index is 0.310. The van der Waals surface area contributed by atoms with Gasteiger partial charge in [0.1, 0.15) is 6.67 Å². The highest BCUT2D eigenvalue weighted by Crippen LogP contribution is 1.91. The minimum Gasteiger partial charge on any atom is -0.247 e. The molecule has 0 unspecified atom stereocenters. The molecule has 0 aliphatic rings. The van der Waals surface area contributed by atoms with Crippen LogP contribution >= 0.6 is 0 Å². The fourth-order valence-electron chi connectivity index (χ4n) is 0.252. The van der Waals surface area contributed by atoms with Gasteiger partial charge < -0.3 is 0 Å². The smallest absolute Gasteiger partial charge is 0.108 e. The normalized spacial score (nSPS) is 13.1. The Bertz CT molecular complexity index is 99.1. The second-order valence-electron chi connectivity index (χ2n) is 1.34. The Morgan fingerprint density at radius 1 is 1.62 bits per heavy atom. The summed E-state index contributed by atoms with van der Waals surface area (Å²) in [4.78, 5) is 0. The molecule has 0 atom stereocenters. The van der Waals surface area contributed by atoms with Crippen molar-refractivity contribution < 1.29 is 8.78 Å². The first-order chi connectivity index (χ1) is 3.77. The largest absolute Gasteiger partial charge is 0.247 e. The first-order valence-electron chi connectivity index (χ1n) is 2.32. The maximum Gasteiger partial charge on any atom is 0.108 e. The van der Waals surface area contributed by atoms with Gasteiger partial charge in [-0.25, -0.2) is 8.78 Å². The molecule has 0 aliphatic carbocycles. The van der Waals surface area contributed by atoms with Crippen molar-refractivity contribution in [2.45, 2.75) is 6.92 Å². The SMILES string of the molecule is C/C(F)=C\C=C/CF. The van der Waals surface area contributed by atoms with E-state index in [0.717, 1.165) is 0 Å². The van der Waals surface area contributed by atoms with E-state index in [1.807, 2.05) is 0 Å². The lowest BCUT2D eigenvalue weighted by atomic mass is 10.4. The number of halogens is 2. The fraction of sp³-hybridized carbons (Fsp3) is 0.333. The highest BCUT2D eigenvalue weighted by atomic mass is 19.1. The molecule has 0 bridgehead atoms. The van der Waals surface area contributed by atoms with Crippen LogP contribution in [-0.2, 0) is 0 Å². The Hall–Kier alpha value is -0.660. The van der Waals surface area contributed by atoms with Gasteiger partial charge in [-0.15, -0.1) is 0 Å². The zero-order valence-corrected chi connectivity index (χ0v) is 4.70. The van der Waals surface area contributed by atoms with Crippen LogP contribution < -0.4 is 0 Å². The molecule has 0 rings (SSSR count). The molecule has 0 saturated heterocycles. The Kier molecular flexibility index (Phi) is 4.13. The van der Waals surface area contributed by atoms with Crippen molar-refractivity contribution >= 4 is 0 Å². The zero-order valence-electron chi connectivity index (χ0n) is 4.70. The van der Waals surface area contributed by atoms with E-state index in [-0.39, 0.29) is 5.83 Å². The van der Waals surface area contributed by atoms with Gasteiger partial charge in [-0.05, 0) is 13.0 Å². The summed E-state index contributed by atoms with van der Waals surface area (Å²) in [6, 6.07) is 0. The highest BCUT2D eigenvalue weighted by Gasteiger charge is 1.73. The Morgan fingerprint density at radius 3 is 2.62 bits per heavy atom. The topological polar surface area (TPSA) is 0 Å². The van der Waals surface area contributed by atoms with E-state index in [4.69, 9.17) is 0 Å². The number of rotatable bonds is 2. The van der Waals surface area contributed by atoms with E-state index >= 15 is 0 Å². The average molecular weight is 118 g/mol. The van der Waals surface area contributed by atoms with Crippen molar-refractivity contribution in [2.24, 2.45) is 0 Å². The molecule has 8 heavy (non-hydrogen) atoms. The van der Waals surface area contributed by atoms with Gasteiger partial charge in [0.2, 0.25) is 0 Å². The number of hydrogen-bond acceptors (Lipinski definition) is 0. The maximum atomic E-state index is 11.7. The first-order valence-corrected chi connectivity index (χ1v) is 2.32. The van der Waals surface area contributed by atoms with Crippen LogP contribution in [-0.4, -0.2) is 6.67 Å². The quantitative estimate of drug-likeness (QED) is 0.488. The molecule has 0 fully saturated rings. The molecule has 46 valence electrons. The summed E-state index contributed by atoms with van der Waals surface area (Å²) in [7, 11) is 0. The van der Waals surface area contributed by atoms with Gasteiger partial charge in [-0.2, -0.15) is 0 Å². The van der Waals surface area contributed by atoms with Crippen LogP contribution in [0.5, 0.6) is 0 Å². The van der Waals surface area contributed by atoms with Crippen LogP contribution in [0.15, 0.2) is 24.1 Å². The van der Waals surface area contributed by atoms with Crippen molar-refractivity contribution in [1.29, 1.82) is 0 Å². The summed E-state index contributed by atoms with van der Waals surface area (Å²) in [5.74, 6) is -0.310. The van der Waals surface area contributed by atoms with E-state index < -0.39 is 6.67 Å². The molecule has 0 aromatic heterocycles. The summed E-state index contributed by atoms with van der Waals surface area (Å²) < 4.78 is 22.9. The molecule has 2 heteroatoms. The van der Waals surface area contributed by atoms with Gasteiger partial charge in [-0.1, -0.05) is 12.2 Å². The van der Waals surface area contributed by atoms with Crippen molar-refractivity contribution in [1.82, 2.24) is 0 Å². The summed E-state index contributed by atoms with van der Waals surface area (Å²) >= 11 is 0. The number of hydrogen-bond donors (Lipinski definition) is 0. The van der Waals surface area contributed by atoms with Crippen LogP contribution in [0.25, 0.3) is 0 Å². The fourth-order valence-corrected chi connectivity index (χ4v) is 0.252. The summed E-state index contributed by atoms with van der Waals surface area (Å²) in [6.07, 6.45) is 3.79. The van der Waals surface area contributed by atoms with Crippen LogP contribution in [0.1, 0.15) is 6.92 Å². The average Bonchev–Trinajstić information content (AvgIpc) is 1.66. The third-order valence-electron chi connectivity index (χ3n) is 0.551. The number of alkyl halides is 1. The maximum absolute atomic E-state index is 11.7. The minimum atomic E-state index is -0.538. The highest BCUT2D eigenvalue weighted by molar-refractivity contribution is 5.04. The monoisotopic (exact) mass is 118 g/mol. The molecule has 0 nitrogen and oxygen atoms in total. The van der Waals surface area contributed by atoms with Gasteiger partial charge >= 0.3 is 0 Å². The molecule has 0 heterocycles. The van der Waals surface area contributed by atoms with E-state index in [9.17, 15) is 8.78 Å². The predicted octanol–water partition coefficient (Wildman–Crippen LogP) is 2.39. The van der Waals surface area contributed by atoms with Crippen molar-refractivity contribution in [2.75, 3.05) is 6.67 Å². The third kappa shape index (κ3) is 5.34. The lowest BCUT2D eigenvalue weighted by molar-refractivity contribution is 0.561. The second kappa shape index (κ2) is 4.50. The molecule has 0 radical (unpaired) electrons. The van der Waals surface area contributed by atoms with E-state index in [2.05, 4.69) is 0 Å². The summed E-state index contributed by atoms with van der Waals surface area (Å²) in [5, 5.41) is 0. The molecule has 0 aromatic rings. The van der Waals surface area contributed by atoms with Crippen LogP contribution in [0.3, 0.4) is 0 Å². The van der Waals surface area contributed by atoms with Gasteiger partial charge in [0.25, 0.3) is 0 Å². The molecular weight excluding hydrogens is 110 g/mol. The summed E-state index contributed by atoms with van der Waals surface area (Å²) in [6.45, 7) is 0.770. The number of allylic oxidation sites excluding steroid dienone is 4. The van der Waals surface area contributed by atoms with E-state index in [1.165, 1.54) is 25.2 Å². The molecule has 0 N–H and O–H groups in total. The molecule has 0 saturated carbocycles. The lowest BCUT2D eigenvalue weighted by Gasteiger charge is -1.75. The molecule has 0 amide bonds. The standard InChI is InChI=1S/C6H8F2/c1-6(8)4-2-3-5-7/h2-4H,5H2,1H3/b3-2-,6-4+.